The van der Waals surface area contributed by atoms with Gasteiger partial charge in [0.15, 0.2) is 5.66 Å². The molecule has 32 heavy (non-hydrogen) atoms. The second kappa shape index (κ2) is 11.0. The second-order valence-electron chi connectivity index (χ2n) is 7.01. The number of rotatable bonds is 11. The molecule has 12 heteroatoms. The van der Waals surface area contributed by atoms with Gasteiger partial charge in [0.1, 0.15) is 5.60 Å². The summed E-state index contributed by atoms with van der Waals surface area (Å²) < 4.78 is 71.5. The van der Waals surface area contributed by atoms with Gasteiger partial charge >= 0.3 is 25.0 Å². The van der Waals surface area contributed by atoms with Crippen molar-refractivity contribution in [1.29, 1.82) is 0 Å². The summed E-state index contributed by atoms with van der Waals surface area (Å²) in [6.07, 6.45) is 1.11. The standard InChI is InChI=1S/C20H26F3O7PS/c1-4-28-31(26,29-5-2)16(18(25)27-3)13-17(24)30-19(11-6-12-19)14-7-9-15(10-8-14)32-20(21,22)23/h7-10,16H,4-6,11-13H2,1-3H3. The van der Waals surface area contributed by atoms with E-state index < -0.39 is 42.7 Å². The van der Waals surface area contributed by atoms with Crippen LogP contribution in [0.25, 0.3) is 0 Å². The van der Waals surface area contributed by atoms with Gasteiger partial charge in [0.05, 0.1) is 26.7 Å². The third-order valence-corrected chi connectivity index (χ3v) is 8.05. The minimum absolute atomic E-state index is 0.00789. The van der Waals surface area contributed by atoms with E-state index in [9.17, 15) is 27.3 Å². The Morgan fingerprint density at radius 1 is 1.12 bits per heavy atom. The van der Waals surface area contributed by atoms with Gasteiger partial charge in [-0.05, 0) is 62.6 Å². The molecule has 180 valence electrons. The van der Waals surface area contributed by atoms with Gasteiger partial charge in [-0.25, -0.2) is 0 Å². The summed E-state index contributed by atoms with van der Waals surface area (Å²) in [5.74, 6) is -1.74. The van der Waals surface area contributed by atoms with Crippen LogP contribution in [-0.2, 0) is 38.3 Å². The molecule has 7 nitrogen and oxygen atoms in total. The highest BCUT2D eigenvalue weighted by atomic mass is 32.2. The lowest BCUT2D eigenvalue weighted by atomic mass is 9.75. The Kier molecular flexibility index (Phi) is 9.22. The summed E-state index contributed by atoms with van der Waals surface area (Å²) in [6.45, 7) is 3.13. The van der Waals surface area contributed by atoms with E-state index in [0.717, 1.165) is 13.5 Å². The largest absolute Gasteiger partial charge is 0.468 e. The van der Waals surface area contributed by atoms with Gasteiger partial charge < -0.3 is 18.5 Å². The van der Waals surface area contributed by atoms with Gasteiger partial charge in [-0.1, -0.05) is 12.1 Å². The summed E-state index contributed by atoms with van der Waals surface area (Å²) in [5, 5.41) is 0. The molecule has 0 saturated heterocycles. The number of hydrogen-bond acceptors (Lipinski definition) is 8. The monoisotopic (exact) mass is 498 g/mol. The number of esters is 2. The van der Waals surface area contributed by atoms with E-state index in [1.54, 1.807) is 13.8 Å². The smallest absolute Gasteiger partial charge is 0.446 e. The third-order valence-electron chi connectivity index (χ3n) is 4.92. The molecule has 1 aromatic rings. The highest BCUT2D eigenvalue weighted by Gasteiger charge is 2.47. The summed E-state index contributed by atoms with van der Waals surface area (Å²) in [5.41, 5.74) is -6.36. The van der Waals surface area contributed by atoms with Crippen molar-refractivity contribution in [2.24, 2.45) is 0 Å². The zero-order chi connectivity index (χ0) is 24.0. The SMILES string of the molecule is CCOP(=O)(OCC)C(CC(=O)OC1(c2ccc(SC(F)(F)F)cc2)CCC1)C(=O)OC. The lowest BCUT2D eigenvalue weighted by molar-refractivity contribution is -0.173. The van der Waals surface area contributed by atoms with E-state index in [4.69, 9.17) is 13.8 Å². The van der Waals surface area contributed by atoms with Crippen LogP contribution in [0, 0.1) is 0 Å². The van der Waals surface area contributed by atoms with Crippen LogP contribution in [0.1, 0.15) is 45.1 Å². The molecule has 1 aliphatic carbocycles. The summed E-state index contributed by atoms with van der Waals surface area (Å²) in [6, 6.07) is 5.61. The number of carbonyl (C=O) groups is 2. The summed E-state index contributed by atoms with van der Waals surface area (Å²) in [4.78, 5) is 25.0. The van der Waals surface area contributed by atoms with E-state index in [-0.39, 0.29) is 29.9 Å². The first-order chi connectivity index (χ1) is 15.0. The lowest BCUT2D eigenvalue weighted by Gasteiger charge is -2.41. The molecule has 2 rings (SSSR count). The van der Waals surface area contributed by atoms with Gasteiger partial charge in [0.25, 0.3) is 0 Å². The molecule has 1 aromatic carbocycles. The van der Waals surface area contributed by atoms with Gasteiger partial charge in [0, 0.05) is 4.90 Å². The molecule has 0 aromatic heterocycles. The van der Waals surface area contributed by atoms with Gasteiger partial charge in [0.2, 0.25) is 0 Å². The number of benzene rings is 1. The van der Waals surface area contributed by atoms with Crippen molar-refractivity contribution in [2.45, 2.75) is 61.2 Å². The maximum atomic E-state index is 13.1. The number of alkyl halides is 3. The minimum Gasteiger partial charge on any atom is -0.468 e. The van der Waals surface area contributed by atoms with Crippen LogP contribution in [0.5, 0.6) is 0 Å². The fourth-order valence-electron chi connectivity index (χ4n) is 3.36. The van der Waals surface area contributed by atoms with Crippen molar-refractivity contribution in [3.63, 3.8) is 0 Å². The number of thioether (sulfide) groups is 1. The molecule has 1 saturated carbocycles. The zero-order valence-electron chi connectivity index (χ0n) is 18.0. The minimum atomic E-state index is -4.40. The van der Waals surface area contributed by atoms with Crippen LogP contribution in [-0.4, -0.2) is 43.4 Å². The Hall–Kier alpha value is -1.55. The van der Waals surface area contributed by atoms with Crippen molar-refractivity contribution in [1.82, 2.24) is 0 Å². The molecule has 0 aliphatic heterocycles. The Morgan fingerprint density at radius 2 is 1.69 bits per heavy atom. The van der Waals surface area contributed by atoms with E-state index in [1.807, 2.05) is 0 Å². The molecule has 0 radical (unpaired) electrons. The molecule has 0 heterocycles. The number of hydrogen-bond donors (Lipinski definition) is 0. The second-order valence-corrected chi connectivity index (χ2v) is 10.4. The first-order valence-corrected chi connectivity index (χ1v) is 12.5. The highest BCUT2D eigenvalue weighted by molar-refractivity contribution is 8.00. The van der Waals surface area contributed by atoms with Crippen LogP contribution in [0.3, 0.4) is 0 Å². The molecule has 1 atom stereocenters. The average Bonchev–Trinajstić information content (AvgIpc) is 2.68. The van der Waals surface area contributed by atoms with Crippen LogP contribution < -0.4 is 0 Å². The van der Waals surface area contributed by atoms with E-state index >= 15 is 0 Å². The Morgan fingerprint density at radius 3 is 2.09 bits per heavy atom. The molecular formula is C20H26F3O7PS. The zero-order valence-corrected chi connectivity index (χ0v) is 19.7. The van der Waals surface area contributed by atoms with Crippen molar-refractivity contribution >= 4 is 31.3 Å². The van der Waals surface area contributed by atoms with E-state index in [1.165, 1.54) is 24.3 Å². The molecule has 0 spiro atoms. The highest BCUT2D eigenvalue weighted by Crippen LogP contribution is 2.55. The molecule has 1 aliphatic rings. The molecular weight excluding hydrogens is 472 g/mol. The lowest BCUT2D eigenvalue weighted by Crippen LogP contribution is -2.40. The van der Waals surface area contributed by atoms with Crippen LogP contribution in [0.4, 0.5) is 13.2 Å². The Labute approximate surface area is 188 Å². The predicted molar refractivity (Wildman–Crippen MR) is 111 cm³/mol. The number of methoxy groups -OCH3 is 1. The maximum absolute atomic E-state index is 13.1. The quantitative estimate of drug-likeness (QED) is 0.227. The molecule has 1 fully saturated rings. The predicted octanol–water partition coefficient (Wildman–Crippen LogP) is 5.42. The molecule has 0 amide bonds. The van der Waals surface area contributed by atoms with Crippen molar-refractivity contribution in [2.75, 3.05) is 20.3 Å². The van der Waals surface area contributed by atoms with Crippen LogP contribution >= 0.6 is 19.4 Å². The maximum Gasteiger partial charge on any atom is 0.446 e. The van der Waals surface area contributed by atoms with Crippen LogP contribution in [0.2, 0.25) is 0 Å². The fraction of sp³-hybridized carbons (Fsp3) is 0.600. The first kappa shape index (κ1) is 26.7. The Balaban J connectivity index is 2.19. The average molecular weight is 498 g/mol. The van der Waals surface area contributed by atoms with Crippen LogP contribution in [0.15, 0.2) is 29.2 Å². The molecule has 0 bridgehead atoms. The van der Waals surface area contributed by atoms with Crippen molar-refractivity contribution < 1.29 is 45.8 Å². The van der Waals surface area contributed by atoms with E-state index in [2.05, 4.69) is 4.74 Å². The van der Waals surface area contributed by atoms with Gasteiger partial charge in [-0.2, -0.15) is 13.2 Å². The van der Waals surface area contributed by atoms with E-state index in [0.29, 0.717) is 18.4 Å². The van der Waals surface area contributed by atoms with Crippen molar-refractivity contribution in [3.05, 3.63) is 29.8 Å². The summed E-state index contributed by atoms with van der Waals surface area (Å²) in [7, 11) is -2.90. The van der Waals surface area contributed by atoms with Gasteiger partial charge in [-0.15, -0.1) is 0 Å². The third kappa shape index (κ3) is 6.73. The molecule has 1 unspecified atom stereocenters. The number of carbonyl (C=O) groups excluding carboxylic acids is 2. The topological polar surface area (TPSA) is 88.1 Å². The fourth-order valence-corrected chi connectivity index (χ4v) is 5.79. The van der Waals surface area contributed by atoms with Gasteiger partial charge in [-0.3, -0.25) is 14.2 Å². The normalized spacial score (nSPS) is 16.7. The summed E-state index contributed by atoms with van der Waals surface area (Å²) >= 11 is -0.232. The number of ether oxygens (including phenoxy) is 2. The van der Waals surface area contributed by atoms with Crippen molar-refractivity contribution in [3.8, 4) is 0 Å². The number of halogens is 3. The Bertz CT molecular complexity index is 831. The first-order valence-electron chi connectivity index (χ1n) is 10.0. The molecule has 0 N–H and O–H groups in total.